The van der Waals surface area contributed by atoms with E-state index in [1.54, 1.807) is 30.3 Å². The summed E-state index contributed by atoms with van der Waals surface area (Å²) in [4.78, 5) is 0. The van der Waals surface area contributed by atoms with Crippen LogP contribution in [0.2, 0.25) is 0 Å². The second-order valence-corrected chi connectivity index (χ2v) is 22.5. The van der Waals surface area contributed by atoms with E-state index in [9.17, 15) is 5.48 Å². The maximum atomic E-state index is 9.28. The molecule has 90 heavy (non-hydrogen) atoms. The molecule has 0 fully saturated rings. The van der Waals surface area contributed by atoms with E-state index in [0.717, 1.165) is 54.6 Å². The van der Waals surface area contributed by atoms with Crippen LogP contribution in [0.25, 0.3) is 164 Å². The summed E-state index contributed by atoms with van der Waals surface area (Å²) >= 11 is 3.44. The molecule has 2 aromatic heterocycles. The highest BCUT2D eigenvalue weighted by Crippen LogP contribution is 2.48. The fourth-order valence-corrected chi connectivity index (χ4v) is 12.9. The number of hydrogen-bond donors (Lipinski definition) is 2. The molecular weight excluding hydrogens is 1160 g/mol. The fourth-order valence-electron chi connectivity index (χ4n) is 12.3. The zero-order valence-electron chi connectivity index (χ0n) is 63.5. The minimum absolute atomic E-state index is 0.140. The molecule has 0 aliphatic heterocycles. The summed E-state index contributed by atoms with van der Waals surface area (Å²) < 4.78 is 153. The van der Waals surface area contributed by atoms with Crippen LogP contribution in [0, 0.1) is 0 Å². The standard InChI is InChI=1S/C42H26O.C26H15BrO.C16H13BO2/c1-2-11-30-26-31(25-22-27(30)10-1)28-20-23-29(24-21-28)40-33-13-3-5-15-35(33)41(36-16-6-4-14-34(36)40)38-18-9-17-37-32-12-7-8-19-39(32)43-42(37)38;27-25-19-11-3-1-9-17(19)24(18-10-2-4-12-20(18)25)22-14-7-13-21-16-8-5-6-15-23(16)28-26(21)22;18-17(19)16-9-7-13(8-10-16)15-6-5-12-3-1-2-4-14(12)11-15/h1-26H;1-15H;1-11,18-19H/i3D,4D,5D,6D,13D,14D,15D,16D;1D,2D,3D,4D,9D,10D,11D,12D;. The van der Waals surface area contributed by atoms with Gasteiger partial charge in [-0.05, 0) is 144 Å². The molecule has 2 N–H and O–H groups in total. The lowest BCUT2D eigenvalue weighted by Crippen LogP contribution is -2.29. The van der Waals surface area contributed by atoms with Gasteiger partial charge < -0.3 is 18.9 Å². The maximum absolute atomic E-state index is 9.28. The Morgan fingerprint density at radius 2 is 0.622 bits per heavy atom. The lowest BCUT2D eigenvalue weighted by Gasteiger charge is -2.18. The maximum Gasteiger partial charge on any atom is 0.488 e. The predicted molar refractivity (Wildman–Crippen MR) is 384 cm³/mol. The number of para-hydroxylation sites is 4. The Morgan fingerprint density at radius 3 is 1.06 bits per heavy atom. The van der Waals surface area contributed by atoms with Crippen molar-refractivity contribution in [3.63, 3.8) is 0 Å². The van der Waals surface area contributed by atoms with Gasteiger partial charge in [-0.1, -0.05) is 291 Å². The summed E-state index contributed by atoms with van der Waals surface area (Å²) in [5.41, 5.74) is 9.12. The van der Waals surface area contributed by atoms with E-state index in [0.29, 0.717) is 50.0 Å². The molecule has 0 amide bonds. The van der Waals surface area contributed by atoms with Gasteiger partial charge in [0.05, 0.1) is 21.9 Å². The summed E-state index contributed by atoms with van der Waals surface area (Å²) in [6, 6.07) is 63.8. The van der Waals surface area contributed by atoms with Crippen LogP contribution in [0.1, 0.15) is 21.9 Å². The molecule has 0 spiro atoms. The van der Waals surface area contributed by atoms with Crippen molar-refractivity contribution in [2.45, 2.75) is 0 Å². The van der Waals surface area contributed by atoms with Crippen LogP contribution >= 0.6 is 15.9 Å². The average molecular weight is 1230 g/mol. The third kappa shape index (κ3) is 9.66. The van der Waals surface area contributed by atoms with Gasteiger partial charge in [-0.15, -0.1) is 0 Å². The van der Waals surface area contributed by atoms with Crippen molar-refractivity contribution < 1.29 is 40.8 Å². The molecule has 2 heterocycles. The lowest BCUT2D eigenvalue weighted by molar-refractivity contribution is 0.426. The van der Waals surface area contributed by atoms with Crippen LogP contribution in [-0.2, 0) is 0 Å². The number of rotatable bonds is 6. The first-order chi connectivity index (χ1) is 51.0. The van der Waals surface area contributed by atoms with Crippen LogP contribution in [0.4, 0.5) is 0 Å². The van der Waals surface area contributed by atoms with E-state index in [1.807, 2.05) is 133 Å². The fraction of sp³-hybridized carbons (Fsp3) is 0. The second kappa shape index (κ2) is 23.0. The highest BCUT2D eigenvalue weighted by Gasteiger charge is 2.22. The first-order valence-electron chi connectivity index (χ1n) is 37.0. The number of fused-ring (bicyclic) bond motifs is 12. The second-order valence-electron chi connectivity index (χ2n) is 21.7. The molecule has 16 aromatic carbocycles. The zero-order chi connectivity index (χ0) is 74.2. The quantitative estimate of drug-likeness (QED) is 0.129. The van der Waals surface area contributed by atoms with Gasteiger partial charge in [0.2, 0.25) is 0 Å². The van der Waals surface area contributed by atoms with Crippen molar-refractivity contribution in [2.75, 3.05) is 0 Å². The van der Waals surface area contributed by atoms with E-state index in [-0.39, 0.29) is 107 Å². The molecule has 0 unspecified atom stereocenters. The molecule has 18 rings (SSSR count). The van der Waals surface area contributed by atoms with Crippen LogP contribution in [0.5, 0.6) is 0 Å². The smallest absolute Gasteiger partial charge is 0.455 e. The molecule has 0 saturated heterocycles. The third-order valence-electron chi connectivity index (χ3n) is 16.6. The topological polar surface area (TPSA) is 66.7 Å². The van der Waals surface area contributed by atoms with Crippen LogP contribution < -0.4 is 5.46 Å². The van der Waals surface area contributed by atoms with Crippen LogP contribution in [0.15, 0.2) is 328 Å². The summed E-state index contributed by atoms with van der Waals surface area (Å²) in [6.07, 6.45) is 0. The predicted octanol–water partition coefficient (Wildman–Crippen LogP) is 22.6. The number of benzene rings is 16. The van der Waals surface area contributed by atoms with E-state index in [1.165, 1.54) is 10.8 Å². The first kappa shape index (κ1) is 39.8. The van der Waals surface area contributed by atoms with Gasteiger partial charge in [0.15, 0.2) is 0 Å². The zero-order valence-corrected chi connectivity index (χ0v) is 49.0. The Kier molecular flexibility index (Phi) is 10.2. The Balaban J connectivity index is 0.000000135. The minimum atomic E-state index is -1.41. The van der Waals surface area contributed by atoms with Gasteiger partial charge in [-0.25, -0.2) is 0 Å². The summed E-state index contributed by atoms with van der Waals surface area (Å²) in [7, 11) is -1.41. The molecule has 4 nitrogen and oxygen atoms in total. The Morgan fingerprint density at radius 1 is 0.289 bits per heavy atom. The van der Waals surface area contributed by atoms with Crippen LogP contribution in [0.3, 0.4) is 0 Å². The molecule has 6 heteroatoms. The molecule has 0 saturated carbocycles. The number of halogens is 1. The van der Waals surface area contributed by atoms with Gasteiger partial charge >= 0.3 is 7.12 Å². The third-order valence-corrected chi connectivity index (χ3v) is 17.4. The molecule has 0 radical (unpaired) electrons. The number of hydrogen-bond acceptors (Lipinski definition) is 4. The Hall–Kier alpha value is -10.9. The van der Waals surface area contributed by atoms with Gasteiger partial charge in [0, 0.05) is 48.3 Å². The number of furan rings is 2. The van der Waals surface area contributed by atoms with E-state index in [2.05, 4.69) is 70.5 Å². The van der Waals surface area contributed by atoms with Crippen molar-refractivity contribution in [3.8, 4) is 55.6 Å². The van der Waals surface area contributed by atoms with E-state index < -0.39 is 55.5 Å². The molecule has 18 aromatic rings. The average Bonchev–Trinajstić information content (AvgIpc) is 0.821. The van der Waals surface area contributed by atoms with E-state index in [4.69, 9.17) is 35.3 Å². The largest absolute Gasteiger partial charge is 0.488 e. The molecule has 0 aliphatic rings. The highest BCUT2D eigenvalue weighted by molar-refractivity contribution is 9.10. The van der Waals surface area contributed by atoms with Crippen molar-refractivity contribution in [2.24, 2.45) is 0 Å². The summed E-state index contributed by atoms with van der Waals surface area (Å²) in [5, 5.41) is 27.3. The summed E-state index contributed by atoms with van der Waals surface area (Å²) in [5.74, 6) is 0. The summed E-state index contributed by atoms with van der Waals surface area (Å²) in [6.45, 7) is 0. The van der Waals surface area contributed by atoms with Crippen molar-refractivity contribution in [3.05, 3.63) is 320 Å². The molecule has 424 valence electrons. The monoisotopic (exact) mass is 1230 g/mol. The molecule has 0 atom stereocenters. The molecule has 0 aliphatic carbocycles. The van der Waals surface area contributed by atoms with Gasteiger partial charge in [-0.2, -0.15) is 0 Å². The van der Waals surface area contributed by atoms with E-state index >= 15 is 0 Å². The van der Waals surface area contributed by atoms with Gasteiger partial charge in [0.1, 0.15) is 22.3 Å². The normalized spacial score (nSPS) is 14.0. The van der Waals surface area contributed by atoms with Crippen LogP contribution in [-0.4, -0.2) is 17.2 Å². The van der Waals surface area contributed by atoms with Crippen molar-refractivity contribution in [1.29, 1.82) is 0 Å². The molecule has 0 bridgehead atoms. The SMILES string of the molecule is OB(O)c1ccc(-c2ccc3ccccc3c2)cc1.[2H]c1c([2H])c([2H])c2c(-c3cccc4c3oc3ccccc34)c3c([2H])c([2H])c([2H])c([2H])c3c(-c3ccc(-c4ccc5ccccc5c4)cc3)c2c1[2H].[2H]c1c([2H])c([2H])c2c(-c3cccc4c3oc3ccccc34)c3c([2H])c([2H])c([2H])c([2H])c3c(Br)c2c1[2H]. The molecular formula is C84H54BBrO4. The van der Waals surface area contributed by atoms with Crippen molar-refractivity contribution >= 4 is 137 Å². The lowest BCUT2D eigenvalue weighted by atomic mass is 9.80. The minimum Gasteiger partial charge on any atom is -0.455 e. The Bertz CT molecular complexity index is 6620. The van der Waals surface area contributed by atoms with Gasteiger partial charge in [-0.3, -0.25) is 0 Å². The van der Waals surface area contributed by atoms with Gasteiger partial charge in [0.25, 0.3) is 0 Å². The van der Waals surface area contributed by atoms with Crippen molar-refractivity contribution in [1.82, 2.24) is 0 Å². The Labute approximate surface area is 550 Å². The highest BCUT2D eigenvalue weighted by atomic mass is 79.9. The first-order valence-corrected chi connectivity index (χ1v) is 29.8.